The second-order valence-corrected chi connectivity index (χ2v) is 8.93. The zero-order valence-electron chi connectivity index (χ0n) is 17.1. The monoisotopic (exact) mass is 503 g/mol. The van der Waals surface area contributed by atoms with E-state index in [9.17, 15) is 39.6 Å². The van der Waals surface area contributed by atoms with Crippen molar-refractivity contribution in [2.45, 2.75) is 23.5 Å². The van der Waals surface area contributed by atoms with Gasteiger partial charge in [-0.2, -0.15) is 26.3 Å². The van der Waals surface area contributed by atoms with Crippen LogP contribution in [0.15, 0.2) is 66.0 Å². The maximum absolute atomic E-state index is 13.5. The van der Waals surface area contributed by atoms with Crippen LogP contribution < -0.4 is 5.32 Å². The fourth-order valence-electron chi connectivity index (χ4n) is 2.87. The van der Waals surface area contributed by atoms with Crippen molar-refractivity contribution in [3.63, 3.8) is 0 Å². The van der Waals surface area contributed by atoms with E-state index < -0.39 is 37.9 Å². The summed E-state index contributed by atoms with van der Waals surface area (Å²) in [5, 5.41) is 2.27. The highest BCUT2D eigenvalue weighted by atomic mass is 32.2. The minimum atomic E-state index is -5.50. The minimum absolute atomic E-state index is 0.144. The number of sulfone groups is 1. The van der Waals surface area contributed by atoms with Gasteiger partial charge in [0, 0.05) is 18.0 Å². The predicted molar refractivity (Wildman–Crippen MR) is 111 cm³/mol. The van der Waals surface area contributed by atoms with E-state index in [4.69, 9.17) is 0 Å². The fraction of sp³-hybridized carbons (Fsp3) is 0.143. The fourth-order valence-corrected chi connectivity index (χ4v) is 3.63. The van der Waals surface area contributed by atoms with Crippen molar-refractivity contribution < 1.29 is 39.6 Å². The summed E-state index contributed by atoms with van der Waals surface area (Å²) in [4.78, 5) is 15.1. The number of halogens is 6. The van der Waals surface area contributed by atoms with Crippen molar-refractivity contribution in [3.8, 4) is 5.69 Å². The summed E-state index contributed by atoms with van der Waals surface area (Å²) in [5.74, 6) is -0.814. The highest BCUT2D eigenvalue weighted by Crippen LogP contribution is 2.36. The van der Waals surface area contributed by atoms with E-state index in [2.05, 4.69) is 10.3 Å². The van der Waals surface area contributed by atoms with Gasteiger partial charge in [-0.05, 0) is 48.9 Å². The summed E-state index contributed by atoms with van der Waals surface area (Å²) in [7, 11) is -5.50. The van der Waals surface area contributed by atoms with Crippen LogP contribution in [0.5, 0.6) is 0 Å². The Hall–Kier alpha value is -3.61. The molecule has 0 aliphatic carbocycles. The van der Waals surface area contributed by atoms with Gasteiger partial charge in [0.1, 0.15) is 0 Å². The first-order chi connectivity index (χ1) is 15.7. The third-order valence-electron chi connectivity index (χ3n) is 4.48. The van der Waals surface area contributed by atoms with Crippen LogP contribution in [-0.4, -0.2) is 29.4 Å². The van der Waals surface area contributed by atoms with Crippen molar-refractivity contribution in [2.24, 2.45) is 0 Å². The third-order valence-corrected chi connectivity index (χ3v) is 5.98. The normalized spacial score (nSPS) is 12.8. The van der Waals surface area contributed by atoms with E-state index >= 15 is 0 Å². The number of amides is 1. The molecule has 180 valence electrons. The summed E-state index contributed by atoms with van der Waals surface area (Å²) < 4.78 is 102. The van der Waals surface area contributed by atoms with Gasteiger partial charge < -0.3 is 9.88 Å². The van der Waals surface area contributed by atoms with Crippen molar-refractivity contribution in [1.29, 1.82) is 0 Å². The van der Waals surface area contributed by atoms with E-state index in [1.165, 1.54) is 29.2 Å². The summed E-state index contributed by atoms with van der Waals surface area (Å²) in [6.07, 6.45) is 0.0196. The molecule has 13 heteroatoms. The minimum Gasteiger partial charge on any atom is -0.322 e. The number of hydrogen-bond donors (Lipinski definition) is 1. The van der Waals surface area contributed by atoms with Crippen molar-refractivity contribution in [2.75, 3.05) is 5.32 Å². The molecule has 0 fully saturated rings. The second-order valence-electron chi connectivity index (χ2n) is 6.99. The molecule has 0 bridgehead atoms. The first-order valence-electron chi connectivity index (χ1n) is 9.31. The molecule has 0 unspecified atom stereocenters. The van der Waals surface area contributed by atoms with E-state index in [-0.39, 0.29) is 16.9 Å². The molecular weight excluding hydrogens is 488 g/mol. The second kappa shape index (κ2) is 8.97. The zero-order valence-corrected chi connectivity index (χ0v) is 18.0. The number of benzene rings is 2. The molecule has 0 saturated heterocycles. The Morgan fingerprint density at radius 2 is 1.68 bits per heavy atom. The van der Waals surface area contributed by atoms with Gasteiger partial charge in [-0.15, -0.1) is 0 Å². The number of imidazole rings is 1. The summed E-state index contributed by atoms with van der Waals surface area (Å²) >= 11 is 0. The Kier molecular flexibility index (Phi) is 6.60. The molecule has 1 amide bonds. The van der Waals surface area contributed by atoms with E-state index in [0.717, 1.165) is 42.5 Å². The van der Waals surface area contributed by atoms with Crippen LogP contribution >= 0.6 is 0 Å². The lowest BCUT2D eigenvalue weighted by Gasteiger charge is -2.15. The number of aromatic nitrogens is 2. The number of carbonyl (C=O) groups excluding carboxylic acids is 1. The average Bonchev–Trinajstić information content (AvgIpc) is 3.17. The van der Waals surface area contributed by atoms with Crippen LogP contribution in [0.3, 0.4) is 0 Å². The third kappa shape index (κ3) is 5.47. The summed E-state index contributed by atoms with van der Waals surface area (Å²) in [6.45, 7) is 1.62. The molecule has 2 aromatic carbocycles. The topological polar surface area (TPSA) is 81.1 Å². The van der Waals surface area contributed by atoms with Gasteiger partial charge in [-0.25, -0.2) is 13.4 Å². The number of nitrogens with zero attached hydrogens (tertiary/aromatic N) is 2. The highest BCUT2D eigenvalue weighted by Gasteiger charge is 2.46. The van der Waals surface area contributed by atoms with Crippen LogP contribution in [0.4, 0.5) is 32.0 Å². The Bertz CT molecular complexity index is 1340. The molecule has 0 aliphatic heterocycles. The molecule has 1 N–H and O–H groups in total. The van der Waals surface area contributed by atoms with Gasteiger partial charge in [0.25, 0.3) is 9.84 Å². The summed E-state index contributed by atoms with van der Waals surface area (Å²) in [6, 6.07) is 6.75. The molecule has 0 aliphatic rings. The lowest BCUT2D eigenvalue weighted by Crippen LogP contribution is -2.23. The Morgan fingerprint density at radius 3 is 2.21 bits per heavy atom. The van der Waals surface area contributed by atoms with Gasteiger partial charge in [0.15, 0.2) is 0 Å². The smallest absolute Gasteiger partial charge is 0.322 e. The molecular formula is C21H15F6N3O3S. The molecule has 3 aromatic rings. The van der Waals surface area contributed by atoms with Crippen LogP contribution in [0.1, 0.15) is 16.8 Å². The van der Waals surface area contributed by atoms with Gasteiger partial charge in [-0.3, -0.25) is 4.79 Å². The largest absolute Gasteiger partial charge is 0.501 e. The maximum atomic E-state index is 13.5. The molecule has 1 heterocycles. The Labute approximate surface area is 189 Å². The average molecular weight is 503 g/mol. The molecule has 0 spiro atoms. The van der Waals surface area contributed by atoms with E-state index in [0.29, 0.717) is 5.69 Å². The highest BCUT2D eigenvalue weighted by molar-refractivity contribution is 7.92. The number of alkyl halides is 6. The van der Waals surface area contributed by atoms with Gasteiger partial charge in [0.05, 0.1) is 28.2 Å². The van der Waals surface area contributed by atoms with Crippen LogP contribution in [0.2, 0.25) is 0 Å². The number of rotatable bonds is 5. The first-order valence-corrected chi connectivity index (χ1v) is 10.8. The molecule has 0 saturated carbocycles. The Balaban J connectivity index is 1.77. The van der Waals surface area contributed by atoms with E-state index in [1.54, 1.807) is 6.92 Å². The van der Waals surface area contributed by atoms with Gasteiger partial charge >= 0.3 is 11.7 Å². The van der Waals surface area contributed by atoms with Crippen molar-refractivity contribution in [1.82, 2.24) is 9.55 Å². The van der Waals surface area contributed by atoms with Crippen molar-refractivity contribution >= 4 is 27.5 Å². The zero-order chi connectivity index (χ0) is 25.3. The predicted octanol–water partition coefficient (Wildman–Crippen LogP) is 5.14. The molecule has 3 rings (SSSR count). The maximum Gasteiger partial charge on any atom is 0.501 e. The lowest BCUT2D eigenvalue weighted by molar-refractivity contribution is -0.137. The van der Waals surface area contributed by atoms with E-state index in [1.807, 2.05) is 0 Å². The lowest BCUT2D eigenvalue weighted by atomic mass is 10.1. The molecule has 34 heavy (non-hydrogen) atoms. The van der Waals surface area contributed by atoms with Gasteiger partial charge in [-0.1, -0.05) is 12.1 Å². The molecule has 0 atom stereocenters. The van der Waals surface area contributed by atoms with Crippen LogP contribution in [0.25, 0.3) is 11.8 Å². The van der Waals surface area contributed by atoms with Crippen LogP contribution in [0, 0.1) is 6.92 Å². The quantitative estimate of drug-likeness (QED) is 0.386. The number of hydrogen-bond acceptors (Lipinski definition) is 4. The van der Waals surface area contributed by atoms with Crippen molar-refractivity contribution in [3.05, 3.63) is 77.9 Å². The SMILES string of the molecule is Cc1cn(-c2ccc(NC(=O)C=Cc3ccc(S(=O)(=O)C(F)(F)F)cc3)cc2C(F)(F)F)cn1. The van der Waals surface area contributed by atoms with Crippen LogP contribution in [-0.2, 0) is 20.8 Å². The number of anilines is 1. The van der Waals surface area contributed by atoms with Gasteiger partial charge in [0.2, 0.25) is 5.91 Å². The number of nitrogens with one attached hydrogen (secondary N) is 1. The molecule has 6 nitrogen and oxygen atoms in total. The number of aryl methyl sites for hydroxylation is 1. The molecule has 0 radical (unpaired) electrons. The summed E-state index contributed by atoms with van der Waals surface area (Å²) in [5.41, 5.74) is -6.08. The first kappa shape index (κ1) is 25.0. The number of carbonyl (C=O) groups is 1. The standard InChI is InChI=1S/C21H15F6N3O3S/c1-13-11-30(12-28-13)18-8-5-15(10-17(18)20(22,23)24)29-19(31)9-4-14-2-6-16(7-3-14)34(32,33)21(25,26)27/h2-12H,1H3,(H,29,31). The Morgan fingerprint density at radius 1 is 1.03 bits per heavy atom. The molecule has 1 aromatic heterocycles.